The first-order valence-electron chi connectivity index (χ1n) is 9.95. The number of hydrogen-bond donors (Lipinski definition) is 1. The molecule has 0 unspecified atom stereocenters. The van der Waals surface area contributed by atoms with E-state index in [1.807, 2.05) is 42.7 Å². The van der Waals surface area contributed by atoms with Crippen molar-refractivity contribution in [3.05, 3.63) is 71.9 Å². The molecule has 3 aromatic heterocycles. The molecule has 4 heterocycles. The maximum atomic E-state index is 5.74. The Morgan fingerprint density at radius 3 is 2.48 bits per heavy atom. The highest BCUT2D eigenvalue weighted by Gasteiger charge is 2.20. The molecule has 1 N–H and O–H groups in total. The minimum Gasteiger partial charge on any atom is -0.462 e. The number of piperazine rings is 1. The Balaban J connectivity index is 1.33. The second kappa shape index (κ2) is 9.54. The largest absolute Gasteiger partial charge is 0.462 e. The topological polar surface area (TPSA) is 66.7 Å². The Bertz CT molecular complexity index is 891. The maximum Gasteiger partial charge on any atom is 0.133 e. The summed E-state index contributed by atoms with van der Waals surface area (Å²) in [6.45, 7) is 5.65. The van der Waals surface area contributed by atoms with Gasteiger partial charge in [-0.2, -0.15) is 0 Å². The van der Waals surface area contributed by atoms with Crippen LogP contribution in [-0.2, 0) is 24.4 Å². The van der Waals surface area contributed by atoms with E-state index >= 15 is 0 Å². The number of pyridine rings is 2. The fourth-order valence-electron chi connectivity index (χ4n) is 3.60. The van der Waals surface area contributed by atoms with Gasteiger partial charge in [-0.3, -0.25) is 0 Å². The van der Waals surface area contributed by atoms with E-state index in [1.54, 1.807) is 7.11 Å². The van der Waals surface area contributed by atoms with Crippen LogP contribution >= 0.6 is 0 Å². The third kappa shape index (κ3) is 4.93. The number of rotatable bonds is 8. The average molecular weight is 393 g/mol. The number of nitrogens with one attached hydrogen (secondary N) is 1. The number of methoxy groups -OCH3 is 1. The molecule has 7 heteroatoms. The SMILES string of the molecule is COCc1ccc(CNCc2cccnc2N2CCN(c3ccccn3)CC2)o1. The zero-order chi connectivity index (χ0) is 19.9. The Morgan fingerprint density at radius 2 is 1.69 bits per heavy atom. The third-order valence-corrected chi connectivity index (χ3v) is 5.04. The normalized spacial score (nSPS) is 14.4. The van der Waals surface area contributed by atoms with Gasteiger partial charge in [-0.25, -0.2) is 9.97 Å². The molecule has 3 aromatic rings. The summed E-state index contributed by atoms with van der Waals surface area (Å²) in [6.07, 6.45) is 3.72. The summed E-state index contributed by atoms with van der Waals surface area (Å²) in [5, 5.41) is 3.47. The van der Waals surface area contributed by atoms with Crippen molar-refractivity contribution in [3.63, 3.8) is 0 Å². The van der Waals surface area contributed by atoms with Gasteiger partial charge in [0.15, 0.2) is 0 Å². The Morgan fingerprint density at radius 1 is 0.897 bits per heavy atom. The van der Waals surface area contributed by atoms with Gasteiger partial charge in [0.05, 0.1) is 6.54 Å². The lowest BCUT2D eigenvalue weighted by Crippen LogP contribution is -2.47. The monoisotopic (exact) mass is 393 g/mol. The van der Waals surface area contributed by atoms with Crippen LogP contribution < -0.4 is 15.1 Å². The van der Waals surface area contributed by atoms with E-state index in [9.17, 15) is 0 Å². The molecular formula is C22H27N5O2. The predicted octanol–water partition coefficient (Wildman–Crippen LogP) is 2.83. The van der Waals surface area contributed by atoms with Crippen molar-refractivity contribution in [2.45, 2.75) is 19.7 Å². The molecule has 0 saturated carbocycles. The highest BCUT2D eigenvalue weighted by atomic mass is 16.5. The molecule has 0 atom stereocenters. The molecule has 0 spiro atoms. The van der Waals surface area contributed by atoms with E-state index < -0.39 is 0 Å². The average Bonchev–Trinajstić information content (AvgIpc) is 3.22. The number of hydrogen-bond acceptors (Lipinski definition) is 7. The Labute approximate surface area is 171 Å². The second-order valence-electron chi connectivity index (χ2n) is 7.05. The van der Waals surface area contributed by atoms with Gasteiger partial charge in [-0.05, 0) is 30.3 Å². The number of nitrogens with zero attached hydrogens (tertiary/aromatic N) is 4. The molecule has 1 aliphatic heterocycles. The van der Waals surface area contributed by atoms with E-state index in [-0.39, 0.29) is 0 Å². The van der Waals surface area contributed by atoms with Gasteiger partial charge in [0, 0.05) is 57.8 Å². The van der Waals surface area contributed by atoms with Crippen LogP contribution in [0.2, 0.25) is 0 Å². The van der Waals surface area contributed by atoms with Crippen molar-refractivity contribution in [1.82, 2.24) is 15.3 Å². The first-order chi connectivity index (χ1) is 14.3. The zero-order valence-corrected chi connectivity index (χ0v) is 16.8. The molecule has 1 aliphatic rings. The van der Waals surface area contributed by atoms with Crippen LogP contribution in [0.1, 0.15) is 17.1 Å². The summed E-state index contributed by atoms with van der Waals surface area (Å²) >= 11 is 0. The van der Waals surface area contributed by atoms with Gasteiger partial charge in [-0.15, -0.1) is 0 Å². The van der Waals surface area contributed by atoms with Gasteiger partial charge < -0.3 is 24.3 Å². The first-order valence-corrected chi connectivity index (χ1v) is 9.95. The summed E-state index contributed by atoms with van der Waals surface area (Å²) < 4.78 is 10.8. The minimum atomic E-state index is 0.497. The Hall–Kier alpha value is -2.90. The van der Waals surface area contributed by atoms with Gasteiger partial charge in [0.25, 0.3) is 0 Å². The fraction of sp³-hybridized carbons (Fsp3) is 0.364. The van der Waals surface area contributed by atoms with Crippen molar-refractivity contribution >= 4 is 11.6 Å². The molecule has 152 valence electrons. The lowest BCUT2D eigenvalue weighted by molar-refractivity contribution is 0.162. The molecule has 0 radical (unpaired) electrons. The van der Waals surface area contributed by atoms with E-state index in [0.29, 0.717) is 13.2 Å². The van der Waals surface area contributed by atoms with Crippen molar-refractivity contribution < 1.29 is 9.15 Å². The molecular weight excluding hydrogens is 366 g/mol. The standard InChI is InChI=1S/C22H27N5O2/c1-28-17-20-8-7-19(29-20)16-23-15-18-5-4-10-25-22(18)27-13-11-26(12-14-27)21-6-2-3-9-24-21/h2-10,23H,11-17H2,1H3. The third-order valence-electron chi connectivity index (χ3n) is 5.04. The highest BCUT2D eigenvalue weighted by molar-refractivity contribution is 5.49. The van der Waals surface area contributed by atoms with Gasteiger partial charge in [0.2, 0.25) is 0 Å². The van der Waals surface area contributed by atoms with E-state index in [1.165, 1.54) is 5.56 Å². The number of aromatic nitrogens is 2. The summed E-state index contributed by atoms with van der Waals surface area (Å²) in [7, 11) is 1.67. The predicted molar refractivity (Wildman–Crippen MR) is 113 cm³/mol. The smallest absolute Gasteiger partial charge is 0.133 e. The van der Waals surface area contributed by atoms with Crippen LogP contribution in [0.25, 0.3) is 0 Å². The Kier molecular flexibility index (Phi) is 6.38. The van der Waals surface area contributed by atoms with E-state index in [0.717, 1.165) is 55.9 Å². The van der Waals surface area contributed by atoms with Crippen LogP contribution in [0.5, 0.6) is 0 Å². The maximum absolute atomic E-state index is 5.74. The van der Waals surface area contributed by atoms with E-state index in [4.69, 9.17) is 9.15 Å². The van der Waals surface area contributed by atoms with Crippen molar-refractivity contribution in [3.8, 4) is 0 Å². The van der Waals surface area contributed by atoms with Crippen molar-refractivity contribution in [2.75, 3.05) is 43.1 Å². The van der Waals surface area contributed by atoms with Crippen LogP contribution in [-0.4, -0.2) is 43.3 Å². The quantitative estimate of drug-likeness (QED) is 0.631. The van der Waals surface area contributed by atoms with Gasteiger partial charge >= 0.3 is 0 Å². The first kappa shape index (κ1) is 19.4. The molecule has 7 nitrogen and oxygen atoms in total. The van der Waals surface area contributed by atoms with E-state index in [2.05, 4.69) is 37.2 Å². The zero-order valence-electron chi connectivity index (χ0n) is 16.8. The summed E-state index contributed by atoms with van der Waals surface area (Å²) in [4.78, 5) is 13.8. The van der Waals surface area contributed by atoms with Gasteiger partial charge in [0.1, 0.15) is 29.8 Å². The highest BCUT2D eigenvalue weighted by Crippen LogP contribution is 2.21. The van der Waals surface area contributed by atoms with Crippen LogP contribution in [0.3, 0.4) is 0 Å². The second-order valence-corrected chi connectivity index (χ2v) is 7.05. The fourth-order valence-corrected chi connectivity index (χ4v) is 3.60. The van der Waals surface area contributed by atoms with Crippen LogP contribution in [0, 0.1) is 0 Å². The lowest BCUT2D eigenvalue weighted by atomic mass is 10.2. The minimum absolute atomic E-state index is 0.497. The van der Waals surface area contributed by atoms with Crippen molar-refractivity contribution in [2.24, 2.45) is 0 Å². The molecule has 0 amide bonds. The summed E-state index contributed by atoms with van der Waals surface area (Å²) in [6, 6.07) is 14.1. The number of furan rings is 1. The summed E-state index contributed by atoms with van der Waals surface area (Å²) in [5.74, 6) is 3.85. The van der Waals surface area contributed by atoms with Crippen LogP contribution in [0.15, 0.2) is 59.3 Å². The number of anilines is 2. The van der Waals surface area contributed by atoms with Gasteiger partial charge in [-0.1, -0.05) is 12.1 Å². The molecule has 0 aromatic carbocycles. The number of ether oxygens (including phenoxy) is 1. The molecule has 4 rings (SSSR count). The van der Waals surface area contributed by atoms with Crippen LogP contribution in [0.4, 0.5) is 11.6 Å². The molecule has 1 fully saturated rings. The molecule has 0 bridgehead atoms. The molecule has 1 saturated heterocycles. The lowest BCUT2D eigenvalue weighted by Gasteiger charge is -2.36. The summed E-state index contributed by atoms with van der Waals surface area (Å²) in [5.41, 5.74) is 1.20. The molecule has 29 heavy (non-hydrogen) atoms. The van der Waals surface area contributed by atoms with Crippen molar-refractivity contribution in [1.29, 1.82) is 0 Å². The molecule has 0 aliphatic carbocycles.